The van der Waals surface area contributed by atoms with Gasteiger partial charge in [-0.3, -0.25) is 9.97 Å². The minimum atomic E-state index is -0.155. The SMILES string of the molecule is Cc1cccc(C)c1-c1ccc2c(c1)-c1cc3c4c5c(ncc4n4c6cnc7c(c6c(c1C2(CC(C)(C)C)CC(C)(C)C)c34)C1CC2CC3CC7CC32C1)C1CC2CC(C1)CC5C2. The fourth-order valence-electron chi connectivity index (χ4n) is 18.7. The van der Waals surface area contributed by atoms with Crippen molar-refractivity contribution in [2.45, 2.75) is 162 Å². The van der Waals surface area contributed by atoms with E-state index in [2.05, 4.69) is 115 Å². The van der Waals surface area contributed by atoms with Crippen molar-refractivity contribution in [1.82, 2.24) is 14.4 Å². The first-order valence-corrected chi connectivity index (χ1v) is 25.5. The zero-order valence-electron chi connectivity index (χ0n) is 39.1. The van der Waals surface area contributed by atoms with E-state index in [0.717, 1.165) is 36.5 Å². The van der Waals surface area contributed by atoms with Crippen LogP contribution in [-0.4, -0.2) is 14.4 Å². The first-order chi connectivity index (χ1) is 30.2. The lowest BCUT2D eigenvalue weighted by atomic mass is 9.56. The topological polar surface area (TPSA) is 30.2 Å². The van der Waals surface area contributed by atoms with Crippen molar-refractivity contribution in [3.05, 3.63) is 99.6 Å². The summed E-state index contributed by atoms with van der Waals surface area (Å²) in [7, 11) is 0. The number of hydrogen-bond donors (Lipinski definition) is 0. The second kappa shape index (κ2) is 11.6. The predicted octanol–water partition coefficient (Wildman–Crippen LogP) is 15.8. The molecular weight excluding hydrogens is 763 g/mol. The summed E-state index contributed by atoms with van der Waals surface area (Å²) >= 11 is 0. The third-order valence-electron chi connectivity index (χ3n) is 19.8. The number of nitrogens with zero attached hydrogens (tertiary/aromatic N) is 3. The van der Waals surface area contributed by atoms with Gasteiger partial charge in [-0.1, -0.05) is 71.9 Å². The maximum atomic E-state index is 5.73. The molecule has 4 heterocycles. The van der Waals surface area contributed by atoms with Crippen LogP contribution in [0.5, 0.6) is 0 Å². The van der Waals surface area contributed by atoms with E-state index in [4.69, 9.17) is 9.97 Å². The Morgan fingerprint density at radius 3 is 1.94 bits per heavy atom. The van der Waals surface area contributed by atoms with Crippen LogP contribution in [0.2, 0.25) is 0 Å². The monoisotopic (exact) mass is 828 g/mol. The van der Waals surface area contributed by atoms with Gasteiger partial charge in [0.05, 0.1) is 28.9 Å². The summed E-state index contributed by atoms with van der Waals surface area (Å²) in [6.45, 7) is 19.7. The van der Waals surface area contributed by atoms with Gasteiger partial charge in [-0.15, -0.1) is 0 Å². The van der Waals surface area contributed by atoms with Gasteiger partial charge in [-0.2, -0.15) is 0 Å². The molecule has 7 unspecified atom stereocenters. The van der Waals surface area contributed by atoms with Crippen molar-refractivity contribution in [1.29, 1.82) is 0 Å². The number of benzene rings is 3. The number of rotatable bonds is 3. The molecule has 16 rings (SSSR count). The van der Waals surface area contributed by atoms with Gasteiger partial charge in [0.25, 0.3) is 0 Å². The number of fused-ring (bicyclic) bond motifs is 16. The van der Waals surface area contributed by atoms with Gasteiger partial charge in [0.15, 0.2) is 0 Å². The third kappa shape index (κ3) is 4.55. The van der Waals surface area contributed by atoms with Crippen molar-refractivity contribution in [3.8, 4) is 22.3 Å². The second-order valence-electron chi connectivity index (χ2n) is 26.1. The number of hydrogen-bond acceptors (Lipinski definition) is 2. The summed E-state index contributed by atoms with van der Waals surface area (Å²) in [6, 6.07) is 17.4. The van der Waals surface area contributed by atoms with Gasteiger partial charge in [0.1, 0.15) is 0 Å². The Hall–Kier alpha value is -4.24. The number of aryl methyl sites for hydroxylation is 2. The number of aromatic nitrogens is 3. The van der Waals surface area contributed by atoms with E-state index in [1.807, 2.05) is 0 Å². The fraction of sp³-hybridized carbons (Fsp3) is 0.533. The van der Waals surface area contributed by atoms with Crippen LogP contribution in [0, 0.1) is 53.8 Å². The molecule has 3 aromatic carbocycles. The molecular formula is C60H65N3. The highest BCUT2D eigenvalue weighted by atomic mass is 15.0. The van der Waals surface area contributed by atoms with Gasteiger partial charge in [-0.05, 0) is 210 Å². The first kappa shape index (κ1) is 37.0. The highest BCUT2D eigenvalue weighted by Gasteiger charge is 2.66. The third-order valence-corrected chi connectivity index (χ3v) is 19.8. The number of pyridine rings is 2. The van der Waals surface area contributed by atoms with E-state index in [1.165, 1.54) is 131 Å². The standard InChI is InChI=1S/C60H65N3/c1-30-10-9-11-31(2)47(30)34-12-13-44-41(21-34)42-23-43-50-45(26-61-54-36-17-32-14-33(18-36)16-35(15-32)48(50)54)63-46-27-62-55-38-20-40-22-39-19-37(24-59(39,40)25-38)49(55)51(46)52(56(43)63)53(42)60(44,28-57(3,4)5)29-58(6,7)8/h9-13,21,23,26-27,32-33,35-40H,14-20,22,24-25,28-29H2,1-8H3. The molecule has 5 saturated carbocycles. The van der Waals surface area contributed by atoms with E-state index < -0.39 is 0 Å². The van der Waals surface area contributed by atoms with Crippen LogP contribution in [0.1, 0.15) is 187 Å². The van der Waals surface area contributed by atoms with Crippen molar-refractivity contribution in [3.63, 3.8) is 0 Å². The predicted molar refractivity (Wildman–Crippen MR) is 259 cm³/mol. The smallest absolute Gasteiger partial charge is 0.0728 e. The molecule has 7 aromatic rings. The average Bonchev–Trinajstić information content (AvgIpc) is 3.92. The maximum absolute atomic E-state index is 5.73. The molecule has 9 aliphatic rings. The summed E-state index contributed by atoms with van der Waals surface area (Å²) in [6.07, 6.45) is 20.8. The molecule has 63 heavy (non-hydrogen) atoms. The summed E-state index contributed by atoms with van der Waals surface area (Å²) in [5.41, 5.74) is 22.9. The van der Waals surface area contributed by atoms with Crippen molar-refractivity contribution < 1.29 is 0 Å². The molecule has 5 fully saturated rings. The summed E-state index contributed by atoms with van der Waals surface area (Å²) in [4.78, 5) is 11.4. The van der Waals surface area contributed by atoms with Crippen LogP contribution in [0.3, 0.4) is 0 Å². The van der Waals surface area contributed by atoms with E-state index in [9.17, 15) is 0 Å². The molecule has 9 aliphatic carbocycles. The van der Waals surface area contributed by atoms with Gasteiger partial charge < -0.3 is 4.40 Å². The molecule has 0 saturated heterocycles. The zero-order chi connectivity index (χ0) is 42.4. The maximum Gasteiger partial charge on any atom is 0.0728 e. The summed E-state index contributed by atoms with van der Waals surface area (Å²) < 4.78 is 2.77. The molecule has 3 nitrogen and oxygen atoms in total. The average molecular weight is 828 g/mol. The molecule has 7 bridgehead atoms. The normalized spacial score (nSPS) is 31.5. The Morgan fingerprint density at radius 1 is 0.619 bits per heavy atom. The first-order valence-electron chi connectivity index (χ1n) is 25.5. The van der Waals surface area contributed by atoms with Gasteiger partial charge in [0, 0.05) is 50.2 Å². The Morgan fingerprint density at radius 2 is 1.24 bits per heavy atom. The van der Waals surface area contributed by atoms with E-state index >= 15 is 0 Å². The molecule has 7 atom stereocenters. The van der Waals surface area contributed by atoms with Crippen LogP contribution in [-0.2, 0) is 5.41 Å². The fourth-order valence-corrected chi connectivity index (χ4v) is 18.7. The van der Waals surface area contributed by atoms with Gasteiger partial charge >= 0.3 is 0 Å². The summed E-state index contributed by atoms with van der Waals surface area (Å²) in [5, 5.41) is 6.25. The molecule has 0 aliphatic heterocycles. The van der Waals surface area contributed by atoms with Crippen LogP contribution in [0.15, 0.2) is 54.9 Å². The molecule has 3 heteroatoms. The molecule has 1 spiro atoms. The van der Waals surface area contributed by atoms with E-state index in [0.29, 0.717) is 29.1 Å². The van der Waals surface area contributed by atoms with Crippen molar-refractivity contribution in [2.75, 3.05) is 0 Å². The zero-order valence-corrected chi connectivity index (χ0v) is 39.1. The Bertz CT molecular complexity index is 3150. The quantitative estimate of drug-likeness (QED) is 0.178. The Balaban J connectivity index is 1.14. The highest BCUT2D eigenvalue weighted by molar-refractivity contribution is 6.28. The lowest BCUT2D eigenvalue weighted by molar-refractivity contribution is 0.00321. The van der Waals surface area contributed by atoms with Crippen LogP contribution < -0.4 is 0 Å². The molecule has 0 amide bonds. The van der Waals surface area contributed by atoms with Gasteiger partial charge in [0.2, 0.25) is 0 Å². The summed E-state index contributed by atoms with van der Waals surface area (Å²) in [5.74, 6) is 6.04. The van der Waals surface area contributed by atoms with Crippen molar-refractivity contribution in [2.24, 2.45) is 39.9 Å². The molecule has 4 aromatic heterocycles. The lowest BCUT2D eigenvalue weighted by Crippen LogP contribution is -2.41. The van der Waals surface area contributed by atoms with Crippen LogP contribution >= 0.6 is 0 Å². The van der Waals surface area contributed by atoms with E-state index in [-0.39, 0.29) is 16.2 Å². The lowest BCUT2D eigenvalue weighted by Gasteiger charge is -2.48. The van der Waals surface area contributed by atoms with Crippen LogP contribution in [0.25, 0.3) is 60.3 Å². The molecule has 320 valence electrons. The van der Waals surface area contributed by atoms with Crippen LogP contribution in [0.4, 0.5) is 0 Å². The highest BCUT2D eigenvalue weighted by Crippen LogP contribution is 2.76. The molecule has 0 N–H and O–H groups in total. The van der Waals surface area contributed by atoms with E-state index in [1.54, 1.807) is 38.4 Å². The van der Waals surface area contributed by atoms with Gasteiger partial charge in [-0.25, -0.2) is 0 Å². The second-order valence-corrected chi connectivity index (χ2v) is 26.1. The van der Waals surface area contributed by atoms with Crippen molar-refractivity contribution >= 4 is 38.1 Å². The molecule has 0 radical (unpaired) electrons. The Labute approximate surface area is 374 Å². The Kier molecular flexibility index (Phi) is 6.81. The minimum absolute atomic E-state index is 0.109. The largest absolute Gasteiger partial charge is 0.305 e. The minimum Gasteiger partial charge on any atom is -0.305 e.